The van der Waals surface area contributed by atoms with Crippen LogP contribution in [0, 0.1) is 11.8 Å². The molecule has 2 heterocycles. The van der Waals surface area contributed by atoms with Gasteiger partial charge in [0, 0.05) is 36.6 Å². The van der Waals surface area contributed by atoms with Gasteiger partial charge in [0.2, 0.25) is 0 Å². The zero-order chi connectivity index (χ0) is 21.7. The van der Waals surface area contributed by atoms with Gasteiger partial charge >= 0.3 is 10.2 Å². The molecule has 0 aliphatic carbocycles. The molecular weight excluding hydrogens is 414 g/mol. The minimum Gasteiger partial charge on any atom is -0.379 e. The monoisotopic (exact) mass is 435 g/mol. The van der Waals surface area contributed by atoms with Crippen molar-refractivity contribution in [2.24, 2.45) is 0 Å². The normalized spacial score (nSPS) is 14.5. The van der Waals surface area contributed by atoms with Gasteiger partial charge in [-0.15, -0.1) is 0 Å². The van der Waals surface area contributed by atoms with Gasteiger partial charge < -0.3 is 9.30 Å². The largest absolute Gasteiger partial charge is 0.379 e. The quantitative estimate of drug-likeness (QED) is 0.637. The van der Waals surface area contributed by atoms with Gasteiger partial charge in [0.15, 0.2) is 0 Å². The summed E-state index contributed by atoms with van der Waals surface area (Å²) >= 11 is 0. The zero-order valence-electron chi connectivity index (χ0n) is 16.7. The Morgan fingerprint density at radius 3 is 2.32 bits per heavy atom. The first-order valence-corrected chi connectivity index (χ1v) is 11.2. The van der Waals surface area contributed by atoms with Crippen molar-refractivity contribution < 1.29 is 17.9 Å². The second kappa shape index (κ2) is 9.18. The highest BCUT2D eigenvalue weighted by molar-refractivity contribution is 7.87. The molecule has 1 N–H and O–H groups in total. The smallest absolute Gasteiger partial charge is 0.304 e. The minimum atomic E-state index is -3.98. The molecule has 158 valence electrons. The van der Waals surface area contributed by atoms with E-state index in [1.54, 1.807) is 35.2 Å². The van der Waals surface area contributed by atoms with E-state index in [0.717, 1.165) is 5.56 Å². The van der Waals surface area contributed by atoms with Crippen LogP contribution in [0.15, 0.2) is 73.1 Å². The Labute approximate surface area is 181 Å². The Morgan fingerprint density at radius 1 is 0.903 bits per heavy atom. The van der Waals surface area contributed by atoms with Crippen LogP contribution in [0.2, 0.25) is 0 Å². The second-order valence-corrected chi connectivity index (χ2v) is 8.53. The molecule has 31 heavy (non-hydrogen) atoms. The average molecular weight is 436 g/mol. The lowest BCUT2D eigenvalue weighted by atomic mass is 10.1. The summed E-state index contributed by atoms with van der Waals surface area (Å²) in [6, 6.07) is 18.2. The van der Waals surface area contributed by atoms with Crippen molar-refractivity contribution in [2.45, 2.75) is 0 Å². The first kappa shape index (κ1) is 20.9. The number of nitrogens with zero attached hydrogens (tertiary/aromatic N) is 2. The van der Waals surface area contributed by atoms with Crippen LogP contribution < -0.4 is 4.72 Å². The topological polar surface area (TPSA) is 80.6 Å². The van der Waals surface area contributed by atoms with E-state index in [4.69, 9.17) is 4.74 Å². The van der Waals surface area contributed by atoms with E-state index in [0.29, 0.717) is 24.5 Å². The Morgan fingerprint density at radius 2 is 1.61 bits per heavy atom. The highest BCUT2D eigenvalue weighted by Gasteiger charge is 2.28. The van der Waals surface area contributed by atoms with E-state index in [9.17, 15) is 13.2 Å². The van der Waals surface area contributed by atoms with Crippen LogP contribution in [0.25, 0.3) is 5.69 Å². The number of amides is 1. The van der Waals surface area contributed by atoms with E-state index in [2.05, 4.69) is 16.6 Å². The van der Waals surface area contributed by atoms with Crippen LogP contribution in [-0.4, -0.2) is 49.5 Å². The summed E-state index contributed by atoms with van der Waals surface area (Å²) in [4.78, 5) is 13.0. The van der Waals surface area contributed by atoms with Crippen LogP contribution in [0.5, 0.6) is 0 Å². The van der Waals surface area contributed by atoms with Crippen molar-refractivity contribution in [3.8, 4) is 17.5 Å². The second-order valence-electron chi connectivity index (χ2n) is 6.86. The fourth-order valence-electron chi connectivity index (χ4n) is 3.27. The Bertz CT molecular complexity index is 1220. The van der Waals surface area contributed by atoms with Gasteiger partial charge in [-0.3, -0.25) is 4.79 Å². The molecule has 3 aromatic rings. The summed E-state index contributed by atoms with van der Waals surface area (Å²) in [5.74, 6) is 5.50. The van der Waals surface area contributed by atoms with Crippen molar-refractivity contribution in [3.63, 3.8) is 0 Å². The summed E-state index contributed by atoms with van der Waals surface area (Å²) in [6.07, 6.45) is 3.58. The van der Waals surface area contributed by atoms with E-state index in [1.807, 2.05) is 42.5 Å². The van der Waals surface area contributed by atoms with Gasteiger partial charge in [0.25, 0.3) is 5.91 Å². The third-order valence-corrected chi connectivity index (χ3v) is 6.28. The van der Waals surface area contributed by atoms with Crippen LogP contribution >= 0.6 is 0 Å². The van der Waals surface area contributed by atoms with E-state index in [1.165, 1.54) is 4.31 Å². The molecule has 2 aromatic carbocycles. The third-order valence-electron chi connectivity index (χ3n) is 4.79. The maximum Gasteiger partial charge on any atom is 0.304 e. The molecule has 0 bridgehead atoms. The molecule has 1 aliphatic rings. The lowest BCUT2D eigenvalue weighted by molar-refractivity contribution is 0.0719. The molecule has 1 amide bonds. The predicted molar refractivity (Wildman–Crippen MR) is 117 cm³/mol. The molecule has 1 aromatic heterocycles. The van der Waals surface area contributed by atoms with Crippen molar-refractivity contribution >= 4 is 16.1 Å². The summed E-state index contributed by atoms with van der Waals surface area (Å²) in [5.41, 5.74) is 2.18. The molecule has 0 saturated carbocycles. The van der Waals surface area contributed by atoms with Crippen LogP contribution in [0.1, 0.15) is 21.5 Å². The van der Waals surface area contributed by atoms with Crippen molar-refractivity contribution in [3.05, 3.63) is 89.7 Å². The van der Waals surface area contributed by atoms with Crippen molar-refractivity contribution in [2.75, 3.05) is 26.3 Å². The third kappa shape index (κ3) is 4.86. The van der Waals surface area contributed by atoms with E-state index in [-0.39, 0.29) is 18.7 Å². The molecule has 8 heteroatoms. The summed E-state index contributed by atoms with van der Waals surface area (Å²) in [7, 11) is -3.98. The van der Waals surface area contributed by atoms with Crippen LogP contribution in [0.4, 0.5) is 0 Å². The fraction of sp³-hybridized carbons (Fsp3) is 0.174. The van der Waals surface area contributed by atoms with Crippen molar-refractivity contribution in [1.29, 1.82) is 0 Å². The van der Waals surface area contributed by atoms with Gasteiger partial charge in [-0.25, -0.2) is 4.72 Å². The van der Waals surface area contributed by atoms with Gasteiger partial charge in [0.1, 0.15) is 0 Å². The maximum atomic E-state index is 13.0. The summed E-state index contributed by atoms with van der Waals surface area (Å²) in [6.45, 7) is 1.01. The number of morpholine rings is 1. The van der Waals surface area contributed by atoms with Gasteiger partial charge in [-0.05, 0) is 36.4 Å². The number of ether oxygens (including phenoxy) is 1. The fourth-order valence-corrected chi connectivity index (χ4v) is 4.38. The minimum absolute atomic E-state index is 0.204. The number of rotatable bonds is 4. The van der Waals surface area contributed by atoms with Gasteiger partial charge in [-0.1, -0.05) is 36.1 Å². The molecule has 1 fully saturated rings. The number of para-hydroxylation sites is 1. The van der Waals surface area contributed by atoms with Gasteiger partial charge in [-0.2, -0.15) is 12.7 Å². The number of hydrogen-bond acceptors (Lipinski definition) is 4. The number of carbonyl (C=O) groups is 1. The first-order valence-electron chi connectivity index (χ1n) is 9.78. The molecule has 4 rings (SSSR count). The van der Waals surface area contributed by atoms with Crippen LogP contribution in [0.3, 0.4) is 0 Å². The standard InChI is InChI=1S/C23H21N3O4S/c27-23(24-31(28,29)26-15-17-30-18-16-26)21-10-6-9-20(22(21)25-13-4-5-14-25)12-11-19-7-2-1-3-8-19/h1-10,13-14H,15-18H2,(H,24,27). The highest BCUT2D eigenvalue weighted by atomic mass is 32.2. The van der Waals surface area contributed by atoms with E-state index >= 15 is 0 Å². The predicted octanol–water partition coefficient (Wildman–Crippen LogP) is 2.18. The maximum absolute atomic E-state index is 13.0. The number of benzene rings is 2. The molecule has 0 atom stereocenters. The van der Waals surface area contributed by atoms with Crippen LogP contribution in [-0.2, 0) is 14.9 Å². The molecule has 0 radical (unpaired) electrons. The number of aromatic nitrogens is 1. The Hall–Kier alpha value is -3.38. The molecule has 0 unspecified atom stereocenters. The molecular formula is C23H21N3O4S. The number of nitrogens with one attached hydrogen (secondary N) is 1. The lowest BCUT2D eigenvalue weighted by Gasteiger charge is -2.26. The van der Waals surface area contributed by atoms with Crippen molar-refractivity contribution in [1.82, 2.24) is 13.6 Å². The molecule has 1 aliphatic heterocycles. The van der Waals surface area contributed by atoms with Gasteiger partial charge in [0.05, 0.1) is 24.5 Å². The first-order chi connectivity index (χ1) is 15.0. The molecule has 0 spiro atoms. The highest BCUT2D eigenvalue weighted by Crippen LogP contribution is 2.21. The molecule has 7 nitrogen and oxygen atoms in total. The number of carbonyl (C=O) groups excluding carboxylic acids is 1. The molecule has 1 saturated heterocycles. The zero-order valence-corrected chi connectivity index (χ0v) is 17.5. The Balaban J connectivity index is 1.71. The average Bonchev–Trinajstić information content (AvgIpc) is 3.33. The summed E-state index contributed by atoms with van der Waals surface area (Å²) in [5, 5.41) is 0. The lowest BCUT2D eigenvalue weighted by Crippen LogP contribution is -2.48. The van der Waals surface area contributed by atoms with E-state index < -0.39 is 16.1 Å². The SMILES string of the molecule is O=C(NS(=O)(=O)N1CCOCC1)c1cccc(C#Cc2ccccc2)c1-n1cccc1. The number of hydrogen-bond donors (Lipinski definition) is 1. The Kier molecular flexibility index (Phi) is 6.18. The summed E-state index contributed by atoms with van der Waals surface area (Å²) < 4.78 is 35.7.